The Morgan fingerprint density at radius 3 is 0.939 bits per heavy atom. The number of ether oxygens (including phenoxy) is 1. The van der Waals surface area contributed by atoms with E-state index in [1.165, 1.54) is 340 Å². The van der Waals surface area contributed by atoms with Crippen LogP contribution in [0.5, 0.6) is 0 Å². The van der Waals surface area contributed by atoms with Gasteiger partial charge >= 0.3 is 5.97 Å². The number of hydrogen-bond donors (Lipinski definition) is 3. The number of esters is 1. The Kier molecular flexibility index (Phi) is 70.4. The number of aliphatic hydroxyl groups is 2. The summed E-state index contributed by atoms with van der Waals surface area (Å²) in [5, 5.41) is 23.3. The molecule has 3 N–H and O–H groups in total. The molecule has 0 rings (SSSR count). The maximum atomic E-state index is 12.5. The summed E-state index contributed by atoms with van der Waals surface area (Å²) in [7, 11) is 0. The summed E-state index contributed by atoms with van der Waals surface area (Å²) in [6, 6.07) is -0.536. The van der Waals surface area contributed by atoms with Crippen molar-refractivity contribution in [1.29, 1.82) is 0 Å². The molecule has 0 fully saturated rings. The van der Waals surface area contributed by atoms with E-state index in [-0.39, 0.29) is 18.5 Å². The Hall–Kier alpha value is -1.66. The van der Waals surface area contributed by atoms with Crippen molar-refractivity contribution in [2.24, 2.45) is 0 Å². The molecule has 0 saturated heterocycles. The molecular weight excluding hydrogens is 1010 g/mol. The second kappa shape index (κ2) is 71.8. The number of rotatable bonds is 71. The maximum absolute atomic E-state index is 12.5. The van der Waals surface area contributed by atoms with E-state index in [0.29, 0.717) is 25.9 Å². The fraction of sp³-hybridized carbons (Fsp3) is 0.921. The van der Waals surface area contributed by atoms with Crippen molar-refractivity contribution in [1.82, 2.24) is 5.32 Å². The summed E-state index contributed by atoms with van der Waals surface area (Å²) in [5.74, 6) is -0.0170. The molecule has 0 aromatic carbocycles. The molecule has 6 nitrogen and oxygen atoms in total. The molecule has 0 aromatic rings. The lowest BCUT2D eigenvalue weighted by Gasteiger charge is -2.22. The quantitative estimate of drug-likeness (QED) is 0.0320. The predicted octanol–water partition coefficient (Wildman–Crippen LogP) is 24.5. The molecule has 82 heavy (non-hydrogen) atoms. The standard InChI is InChI=1S/C76H147NO5/c1-3-5-7-9-11-13-15-17-19-42-46-50-54-58-62-66-70-76(81)82-71-67-63-59-55-51-47-43-40-38-36-34-32-30-28-26-24-22-20-21-23-25-27-29-31-33-35-37-39-41-45-49-53-57-61-65-69-75(80)77-73(72-78)74(79)68-64-60-56-52-48-44-18-16-14-12-10-8-6-4-2/h13,15,19,42,73-74,78-79H,3-12,14,16-18,20-41,43-72H2,1-2H3,(H,77,80)/b15-13-,42-19-. The third kappa shape index (κ3) is 67.5. The second-order valence-electron chi connectivity index (χ2n) is 26.0. The summed E-state index contributed by atoms with van der Waals surface area (Å²) in [4.78, 5) is 24.6. The third-order valence-electron chi connectivity index (χ3n) is 17.8. The zero-order valence-corrected chi connectivity index (χ0v) is 55.8. The van der Waals surface area contributed by atoms with Gasteiger partial charge in [0, 0.05) is 12.8 Å². The largest absolute Gasteiger partial charge is 0.466 e. The summed E-state index contributed by atoms with van der Waals surface area (Å²) in [6.07, 6.45) is 91.2. The lowest BCUT2D eigenvalue weighted by atomic mass is 10.0. The maximum Gasteiger partial charge on any atom is 0.305 e. The van der Waals surface area contributed by atoms with Crippen LogP contribution in [0.4, 0.5) is 0 Å². The molecule has 0 aliphatic heterocycles. The van der Waals surface area contributed by atoms with E-state index in [0.717, 1.165) is 51.4 Å². The van der Waals surface area contributed by atoms with E-state index in [9.17, 15) is 19.8 Å². The molecule has 0 bridgehead atoms. The molecule has 0 aliphatic rings. The van der Waals surface area contributed by atoms with Gasteiger partial charge in [-0.05, 0) is 57.8 Å². The van der Waals surface area contributed by atoms with Gasteiger partial charge in [0.15, 0.2) is 0 Å². The van der Waals surface area contributed by atoms with Crippen molar-refractivity contribution in [2.75, 3.05) is 13.2 Å². The number of amides is 1. The van der Waals surface area contributed by atoms with Crippen LogP contribution in [0.25, 0.3) is 0 Å². The number of unbranched alkanes of at least 4 members (excludes halogenated alkanes) is 56. The van der Waals surface area contributed by atoms with Gasteiger partial charge in [-0.3, -0.25) is 9.59 Å². The van der Waals surface area contributed by atoms with Gasteiger partial charge in [-0.15, -0.1) is 0 Å². The molecule has 2 unspecified atom stereocenters. The average Bonchev–Trinajstić information content (AvgIpc) is 3.48. The van der Waals surface area contributed by atoms with Crippen molar-refractivity contribution in [3.63, 3.8) is 0 Å². The molecule has 2 atom stereocenters. The average molecular weight is 1160 g/mol. The molecule has 0 aliphatic carbocycles. The first-order valence-corrected chi connectivity index (χ1v) is 37.6. The minimum Gasteiger partial charge on any atom is -0.466 e. The van der Waals surface area contributed by atoms with Crippen molar-refractivity contribution in [2.45, 2.75) is 437 Å². The fourth-order valence-electron chi connectivity index (χ4n) is 12.0. The molecular formula is C76H147NO5. The van der Waals surface area contributed by atoms with Gasteiger partial charge in [-0.25, -0.2) is 0 Å². The van der Waals surface area contributed by atoms with E-state index < -0.39 is 12.1 Å². The SMILES string of the molecule is CCCCCC/C=C\C/C=C\CCCCCCCC(=O)OCCCCCCCCCCCCCCCCCCCCCCCCCCCCCCCCCCCCCC(=O)NC(CO)C(O)CCCCCCCCCCCCCCCC. The predicted molar refractivity (Wildman–Crippen MR) is 361 cm³/mol. The van der Waals surface area contributed by atoms with E-state index >= 15 is 0 Å². The minimum absolute atomic E-state index is 0.00976. The molecule has 0 spiro atoms. The summed E-state index contributed by atoms with van der Waals surface area (Å²) in [6.45, 7) is 4.97. The van der Waals surface area contributed by atoms with Crippen LogP contribution in [0.1, 0.15) is 425 Å². The number of carbonyl (C=O) groups is 2. The topological polar surface area (TPSA) is 95.9 Å². The Balaban J connectivity index is 3.30. The summed E-state index contributed by atoms with van der Waals surface area (Å²) >= 11 is 0. The van der Waals surface area contributed by atoms with Crippen molar-refractivity contribution in [3.05, 3.63) is 24.3 Å². The molecule has 486 valence electrons. The van der Waals surface area contributed by atoms with Crippen molar-refractivity contribution in [3.8, 4) is 0 Å². The minimum atomic E-state index is -0.660. The smallest absolute Gasteiger partial charge is 0.305 e. The Morgan fingerprint density at radius 1 is 0.341 bits per heavy atom. The molecule has 0 saturated carbocycles. The monoisotopic (exact) mass is 1150 g/mol. The Bertz CT molecular complexity index is 1280. The van der Waals surface area contributed by atoms with Gasteiger partial charge in [0.25, 0.3) is 0 Å². The zero-order chi connectivity index (χ0) is 59.2. The number of aliphatic hydroxyl groups excluding tert-OH is 2. The third-order valence-corrected chi connectivity index (χ3v) is 17.8. The van der Waals surface area contributed by atoms with Crippen LogP contribution in [0, 0.1) is 0 Å². The van der Waals surface area contributed by atoms with Crippen LogP contribution < -0.4 is 5.32 Å². The van der Waals surface area contributed by atoms with Crippen LogP contribution in [-0.4, -0.2) is 47.4 Å². The van der Waals surface area contributed by atoms with Crippen LogP contribution in [0.15, 0.2) is 24.3 Å². The molecule has 0 heterocycles. The first-order valence-electron chi connectivity index (χ1n) is 37.6. The van der Waals surface area contributed by atoms with Crippen LogP contribution in [0.2, 0.25) is 0 Å². The highest BCUT2D eigenvalue weighted by Gasteiger charge is 2.20. The normalized spacial score (nSPS) is 12.6. The Labute approximate surface area is 513 Å². The van der Waals surface area contributed by atoms with Gasteiger partial charge in [0.05, 0.1) is 25.4 Å². The highest BCUT2D eigenvalue weighted by atomic mass is 16.5. The number of carbonyl (C=O) groups excluding carboxylic acids is 2. The fourth-order valence-corrected chi connectivity index (χ4v) is 12.0. The summed E-state index contributed by atoms with van der Waals surface area (Å²) < 4.78 is 5.50. The van der Waals surface area contributed by atoms with Crippen molar-refractivity contribution < 1.29 is 24.5 Å². The second-order valence-corrected chi connectivity index (χ2v) is 26.0. The molecule has 1 amide bonds. The zero-order valence-electron chi connectivity index (χ0n) is 55.8. The first-order chi connectivity index (χ1) is 40.5. The van der Waals surface area contributed by atoms with E-state index in [4.69, 9.17) is 4.74 Å². The highest BCUT2D eigenvalue weighted by Crippen LogP contribution is 2.20. The highest BCUT2D eigenvalue weighted by molar-refractivity contribution is 5.76. The van der Waals surface area contributed by atoms with Crippen molar-refractivity contribution >= 4 is 11.9 Å². The van der Waals surface area contributed by atoms with E-state index in [1.54, 1.807) is 0 Å². The number of allylic oxidation sites excluding steroid dienone is 4. The van der Waals surface area contributed by atoms with Crippen LogP contribution in [-0.2, 0) is 14.3 Å². The van der Waals surface area contributed by atoms with Gasteiger partial charge in [0.2, 0.25) is 5.91 Å². The van der Waals surface area contributed by atoms with Crippen LogP contribution >= 0.6 is 0 Å². The Morgan fingerprint density at radius 2 is 0.610 bits per heavy atom. The van der Waals surface area contributed by atoms with Gasteiger partial charge in [-0.1, -0.05) is 378 Å². The van der Waals surface area contributed by atoms with Gasteiger partial charge in [-0.2, -0.15) is 0 Å². The molecule has 0 aromatic heterocycles. The lowest BCUT2D eigenvalue weighted by Crippen LogP contribution is -2.45. The first kappa shape index (κ1) is 80.3. The van der Waals surface area contributed by atoms with Gasteiger partial charge < -0.3 is 20.3 Å². The number of hydrogen-bond acceptors (Lipinski definition) is 5. The lowest BCUT2D eigenvalue weighted by molar-refractivity contribution is -0.143. The van der Waals surface area contributed by atoms with E-state index in [2.05, 4.69) is 43.5 Å². The molecule has 6 heteroatoms. The van der Waals surface area contributed by atoms with Crippen LogP contribution in [0.3, 0.4) is 0 Å². The van der Waals surface area contributed by atoms with Gasteiger partial charge in [0.1, 0.15) is 0 Å². The summed E-state index contributed by atoms with van der Waals surface area (Å²) in [5.41, 5.74) is 0. The number of nitrogens with one attached hydrogen (secondary N) is 1. The molecule has 0 radical (unpaired) electrons. The van der Waals surface area contributed by atoms with E-state index in [1.807, 2.05) is 0 Å².